The van der Waals surface area contributed by atoms with Crippen molar-refractivity contribution in [1.82, 2.24) is 20.3 Å². The minimum Gasteiger partial charge on any atom is -0.342 e. The first-order valence-corrected chi connectivity index (χ1v) is 11.0. The summed E-state index contributed by atoms with van der Waals surface area (Å²) in [6, 6.07) is 6.72. The Morgan fingerprint density at radius 1 is 1.03 bits per heavy atom. The molecule has 1 aromatic heterocycles. The molecule has 0 spiro atoms. The number of benzene rings is 2. The number of fused-ring (bicyclic) bond motifs is 3. The molecule has 0 fully saturated rings. The summed E-state index contributed by atoms with van der Waals surface area (Å²) in [6.07, 6.45) is 2.85. The lowest BCUT2D eigenvalue weighted by atomic mass is 9.89. The summed E-state index contributed by atoms with van der Waals surface area (Å²) >= 11 is 0. The maximum atomic E-state index is 13.8. The molecule has 6 nitrogen and oxygen atoms in total. The van der Waals surface area contributed by atoms with E-state index in [1.165, 1.54) is 27.7 Å². The third kappa shape index (κ3) is 3.62. The Morgan fingerprint density at radius 2 is 1.82 bits per heavy atom. The minimum atomic E-state index is -2.09. The van der Waals surface area contributed by atoms with E-state index < -0.39 is 40.6 Å². The molecule has 2 N–H and O–H groups in total. The zero-order valence-corrected chi connectivity index (χ0v) is 18.4. The Bertz CT molecular complexity index is 1340. The third-order valence-corrected chi connectivity index (χ3v) is 6.65. The van der Waals surface area contributed by atoms with Crippen LogP contribution in [0.25, 0.3) is 10.9 Å². The number of aryl methyl sites for hydroxylation is 2. The zero-order valence-electron chi connectivity index (χ0n) is 18.4. The van der Waals surface area contributed by atoms with Gasteiger partial charge < -0.3 is 4.57 Å². The summed E-state index contributed by atoms with van der Waals surface area (Å²) in [5.74, 6) is -9.50. The molecule has 5 rings (SSSR count). The van der Waals surface area contributed by atoms with Crippen LogP contribution in [0.5, 0.6) is 0 Å². The van der Waals surface area contributed by atoms with Crippen molar-refractivity contribution < 1.29 is 27.2 Å². The van der Waals surface area contributed by atoms with Gasteiger partial charge in [-0.2, -0.15) is 0 Å². The molecule has 1 aliphatic heterocycles. The summed E-state index contributed by atoms with van der Waals surface area (Å²) in [4.78, 5) is 26.7. The second-order valence-electron chi connectivity index (χ2n) is 8.76. The van der Waals surface area contributed by atoms with Crippen LogP contribution < -0.4 is 10.9 Å². The van der Waals surface area contributed by atoms with Gasteiger partial charge in [-0.1, -0.05) is 11.6 Å². The van der Waals surface area contributed by atoms with Gasteiger partial charge in [0.25, 0.3) is 11.8 Å². The van der Waals surface area contributed by atoms with Crippen molar-refractivity contribution >= 4 is 22.7 Å². The Hall–Kier alpha value is -3.40. The molecule has 0 saturated carbocycles. The van der Waals surface area contributed by atoms with Crippen molar-refractivity contribution in [2.45, 2.75) is 38.8 Å². The van der Waals surface area contributed by atoms with Crippen molar-refractivity contribution in [3.8, 4) is 0 Å². The summed E-state index contributed by atoms with van der Waals surface area (Å²) in [5.41, 5.74) is 7.96. The number of nitrogens with one attached hydrogen (secondary N) is 2. The number of amides is 2. The molecule has 1 atom stereocenters. The van der Waals surface area contributed by atoms with E-state index in [1.54, 1.807) is 0 Å². The Kier molecular flexibility index (Phi) is 5.55. The van der Waals surface area contributed by atoms with E-state index in [9.17, 15) is 27.2 Å². The van der Waals surface area contributed by atoms with Gasteiger partial charge in [-0.05, 0) is 49.9 Å². The summed E-state index contributed by atoms with van der Waals surface area (Å²) in [7, 11) is 0. The van der Waals surface area contributed by atoms with E-state index in [1.807, 2.05) is 10.3 Å². The van der Waals surface area contributed by atoms with Crippen molar-refractivity contribution in [3.05, 3.63) is 69.9 Å². The standard InChI is InChI=1S/C24H22F4N4O2/c1-12-5-6-17-14(9-12)13-3-2-4-18-23(13)32(17)8-7-31(18)11-19(33)29-30-24(34)15-10-16(25)21(27)22(28)20(15)26/h5-6,9-10,18H,2-4,7-8,11H2,1H3,(H,29,33)(H,30,34). The fourth-order valence-corrected chi connectivity index (χ4v) is 5.14. The highest BCUT2D eigenvalue weighted by molar-refractivity contribution is 5.95. The van der Waals surface area contributed by atoms with Crippen LogP contribution in [0.3, 0.4) is 0 Å². The van der Waals surface area contributed by atoms with E-state index in [2.05, 4.69) is 35.1 Å². The molecule has 34 heavy (non-hydrogen) atoms. The summed E-state index contributed by atoms with van der Waals surface area (Å²) in [5, 5.41) is 1.25. The number of hydrazine groups is 1. The van der Waals surface area contributed by atoms with Crippen molar-refractivity contribution in [2.75, 3.05) is 13.1 Å². The second-order valence-corrected chi connectivity index (χ2v) is 8.76. The van der Waals surface area contributed by atoms with Gasteiger partial charge in [0.2, 0.25) is 0 Å². The number of rotatable bonds is 3. The van der Waals surface area contributed by atoms with E-state index in [4.69, 9.17) is 0 Å². The highest BCUT2D eigenvalue weighted by Crippen LogP contribution is 2.42. The normalized spacial score (nSPS) is 17.5. The van der Waals surface area contributed by atoms with Crippen molar-refractivity contribution in [3.63, 3.8) is 0 Å². The van der Waals surface area contributed by atoms with Crippen LogP contribution in [0, 0.1) is 30.2 Å². The maximum Gasteiger partial charge on any atom is 0.272 e. The van der Waals surface area contributed by atoms with Gasteiger partial charge in [0, 0.05) is 29.7 Å². The van der Waals surface area contributed by atoms with Crippen LogP contribution in [0.15, 0.2) is 24.3 Å². The number of halogens is 4. The molecule has 1 aliphatic carbocycles. The van der Waals surface area contributed by atoms with E-state index in [-0.39, 0.29) is 18.7 Å². The maximum absolute atomic E-state index is 13.8. The van der Waals surface area contributed by atoms with Gasteiger partial charge in [0.15, 0.2) is 23.3 Å². The van der Waals surface area contributed by atoms with Crippen molar-refractivity contribution in [1.29, 1.82) is 0 Å². The summed E-state index contributed by atoms with van der Waals surface area (Å²) < 4.78 is 56.0. The molecule has 2 amide bonds. The average Bonchev–Trinajstić information content (AvgIpc) is 3.14. The first-order valence-electron chi connectivity index (χ1n) is 11.0. The highest BCUT2D eigenvalue weighted by atomic mass is 19.2. The van der Waals surface area contributed by atoms with Gasteiger partial charge in [-0.15, -0.1) is 0 Å². The summed E-state index contributed by atoms with van der Waals surface area (Å²) in [6.45, 7) is 3.37. The van der Waals surface area contributed by atoms with E-state index >= 15 is 0 Å². The molecule has 2 aliphatic rings. The molecule has 178 valence electrons. The molecule has 0 bridgehead atoms. The average molecular weight is 474 g/mol. The largest absolute Gasteiger partial charge is 0.342 e. The third-order valence-electron chi connectivity index (χ3n) is 6.65. The molecule has 10 heteroatoms. The molecule has 0 radical (unpaired) electrons. The minimum absolute atomic E-state index is 0.0282. The van der Waals surface area contributed by atoms with Gasteiger partial charge in [-0.25, -0.2) is 17.6 Å². The molecule has 1 unspecified atom stereocenters. The van der Waals surface area contributed by atoms with Gasteiger partial charge in [0.1, 0.15) is 0 Å². The zero-order chi connectivity index (χ0) is 24.1. The second kappa shape index (κ2) is 8.43. The molecule has 2 heterocycles. The first-order chi connectivity index (χ1) is 16.3. The number of carbonyl (C=O) groups is 2. The Morgan fingerprint density at radius 3 is 2.62 bits per heavy atom. The van der Waals surface area contributed by atoms with Gasteiger partial charge in [-0.3, -0.25) is 25.3 Å². The van der Waals surface area contributed by atoms with Crippen molar-refractivity contribution in [2.24, 2.45) is 0 Å². The van der Waals surface area contributed by atoms with Gasteiger partial charge >= 0.3 is 0 Å². The molecular weight excluding hydrogens is 452 g/mol. The molecule has 2 aromatic carbocycles. The number of hydrogen-bond acceptors (Lipinski definition) is 3. The number of carbonyl (C=O) groups excluding carboxylic acids is 2. The van der Waals surface area contributed by atoms with Crippen LogP contribution in [0.4, 0.5) is 17.6 Å². The van der Waals surface area contributed by atoms with Crippen LogP contribution in [0.2, 0.25) is 0 Å². The monoisotopic (exact) mass is 474 g/mol. The molecule has 0 saturated heterocycles. The van der Waals surface area contributed by atoms with Crippen LogP contribution >= 0.6 is 0 Å². The Balaban J connectivity index is 1.30. The molecule has 3 aromatic rings. The topological polar surface area (TPSA) is 66.4 Å². The fraction of sp³-hybridized carbons (Fsp3) is 0.333. The lowest BCUT2D eigenvalue weighted by Gasteiger charge is -2.39. The van der Waals surface area contributed by atoms with Crippen LogP contribution in [0.1, 0.15) is 46.1 Å². The van der Waals surface area contributed by atoms with Crippen LogP contribution in [-0.4, -0.2) is 34.4 Å². The Labute approximate surface area is 192 Å². The quantitative estimate of drug-likeness (QED) is 0.264. The lowest BCUT2D eigenvalue weighted by molar-refractivity contribution is -0.124. The smallest absolute Gasteiger partial charge is 0.272 e. The van der Waals surface area contributed by atoms with E-state index in [0.717, 1.165) is 19.3 Å². The first kappa shape index (κ1) is 22.4. The lowest BCUT2D eigenvalue weighted by Crippen LogP contribution is -2.49. The number of nitrogens with zero attached hydrogens (tertiary/aromatic N) is 2. The fourth-order valence-electron chi connectivity index (χ4n) is 5.14. The predicted molar refractivity (Wildman–Crippen MR) is 116 cm³/mol. The highest BCUT2D eigenvalue weighted by Gasteiger charge is 2.35. The number of hydrogen-bond donors (Lipinski definition) is 2. The molecular formula is C24H22F4N4O2. The SMILES string of the molecule is Cc1ccc2c(c1)c1c3n2CCN(CC(=O)NNC(=O)c2cc(F)c(F)c(F)c2F)C3CCC1. The van der Waals surface area contributed by atoms with Crippen LogP contribution in [-0.2, 0) is 17.8 Å². The number of aromatic nitrogens is 1. The predicted octanol–water partition coefficient (Wildman–Crippen LogP) is 3.66. The van der Waals surface area contributed by atoms with E-state index in [0.29, 0.717) is 13.1 Å². The van der Waals surface area contributed by atoms with Gasteiger partial charge in [0.05, 0.1) is 18.2 Å².